The molecule has 0 bridgehead atoms. The molecule has 10 nitrogen and oxygen atoms in total. The van der Waals surface area contributed by atoms with Gasteiger partial charge in [-0.1, -0.05) is 49.4 Å². The number of hydrogen-bond donors (Lipinski definition) is 4. The van der Waals surface area contributed by atoms with Gasteiger partial charge in [-0.15, -0.1) is 0 Å². The van der Waals surface area contributed by atoms with Crippen LogP contribution in [0, 0.1) is 5.92 Å². The van der Waals surface area contributed by atoms with E-state index in [0.29, 0.717) is 5.84 Å². The van der Waals surface area contributed by atoms with Crippen molar-refractivity contribution in [2.45, 2.75) is 38.1 Å². The number of rotatable bonds is 10. The molecule has 174 valence electrons. The van der Waals surface area contributed by atoms with Crippen molar-refractivity contribution in [3.63, 3.8) is 0 Å². The molecular weight excluding hydrogens is 426 g/mol. The predicted octanol–water partition coefficient (Wildman–Crippen LogP) is 0.792. The number of carboxylic acids is 1. The van der Waals surface area contributed by atoms with E-state index in [2.05, 4.69) is 20.8 Å². The molecule has 0 aromatic heterocycles. The minimum atomic E-state index is -1.27. The molecule has 0 aliphatic heterocycles. The third kappa shape index (κ3) is 6.58. The lowest BCUT2D eigenvalue weighted by Gasteiger charge is -2.26. The van der Waals surface area contributed by atoms with E-state index in [1.165, 1.54) is 5.56 Å². The Hall–Kier alpha value is -3.82. The molecule has 3 unspecified atom stereocenters. The lowest BCUT2D eigenvalue weighted by molar-refractivity contribution is -0.522. The van der Waals surface area contributed by atoms with Crippen LogP contribution in [0.3, 0.4) is 0 Å². The maximum atomic E-state index is 12.4. The van der Waals surface area contributed by atoms with Crippen LogP contribution >= 0.6 is 0 Å². The van der Waals surface area contributed by atoms with Crippen LogP contribution in [0.15, 0.2) is 58.4 Å². The van der Waals surface area contributed by atoms with Gasteiger partial charge in [0.25, 0.3) is 0 Å². The van der Waals surface area contributed by atoms with E-state index < -0.39 is 30.3 Å². The number of hydrogen-bond acceptors (Lipinski definition) is 5. The van der Waals surface area contributed by atoms with Crippen LogP contribution in [0.2, 0.25) is 0 Å². The van der Waals surface area contributed by atoms with Gasteiger partial charge < -0.3 is 20.9 Å². The monoisotopic (exact) mass is 454 g/mol. The molecule has 0 heterocycles. The summed E-state index contributed by atoms with van der Waals surface area (Å²) >= 11 is 0. The number of allylic oxidation sites excluding steroid dienone is 3. The van der Waals surface area contributed by atoms with Crippen molar-refractivity contribution < 1.29 is 29.3 Å². The van der Waals surface area contributed by atoms with Crippen LogP contribution in [0.4, 0.5) is 4.79 Å². The smallest absolute Gasteiger partial charge is 0.408 e. The third-order valence-corrected chi connectivity index (χ3v) is 5.70. The average Bonchev–Trinajstić information content (AvgIpc) is 2.76. The van der Waals surface area contributed by atoms with Crippen molar-refractivity contribution in [1.82, 2.24) is 5.32 Å². The molecular formula is C23H28N5O5+. The van der Waals surface area contributed by atoms with E-state index in [1.54, 1.807) is 0 Å². The summed E-state index contributed by atoms with van der Waals surface area (Å²) in [6.07, 6.45) is 5.98. The van der Waals surface area contributed by atoms with Crippen molar-refractivity contribution in [3.05, 3.63) is 59.2 Å². The van der Waals surface area contributed by atoms with E-state index >= 15 is 0 Å². The molecule has 3 rings (SSSR count). The summed E-state index contributed by atoms with van der Waals surface area (Å²) in [5.41, 5.74) is 9.23. The number of amides is 1. The molecule has 0 spiro atoms. The number of aliphatic carboxylic acids is 1. The molecule has 1 aromatic rings. The Labute approximate surface area is 191 Å². The summed E-state index contributed by atoms with van der Waals surface area (Å²) in [5.74, 6) is -1.26. The molecule has 1 amide bonds. The molecule has 5 N–H and O–H groups in total. The van der Waals surface area contributed by atoms with Crippen LogP contribution < -0.4 is 16.2 Å². The van der Waals surface area contributed by atoms with Gasteiger partial charge in [-0.25, -0.2) is 4.79 Å². The molecule has 33 heavy (non-hydrogen) atoms. The van der Waals surface area contributed by atoms with Crippen molar-refractivity contribution in [3.8, 4) is 0 Å². The summed E-state index contributed by atoms with van der Waals surface area (Å²) < 4.78 is 5.17. The number of nitrogens with one attached hydrogen (secondary N) is 2. The minimum Gasteiger partial charge on any atom is -0.481 e. The molecule has 0 saturated heterocycles. The van der Waals surface area contributed by atoms with E-state index in [1.807, 2.05) is 49.4 Å². The van der Waals surface area contributed by atoms with Gasteiger partial charge in [0, 0.05) is 0 Å². The molecule has 3 atom stereocenters. The van der Waals surface area contributed by atoms with Crippen molar-refractivity contribution >= 4 is 23.7 Å². The van der Waals surface area contributed by atoms with Crippen LogP contribution in [0.1, 0.15) is 36.8 Å². The number of alkyl carbamates (subject to hydrolysis) is 1. The molecule has 0 radical (unpaired) electrons. The van der Waals surface area contributed by atoms with Crippen LogP contribution in [-0.4, -0.2) is 48.0 Å². The number of benzene rings is 1. The van der Waals surface area contributed by atoms with Gasteiger partial charge in [-0.3, -0.25) is 9.59 Å². The van der Waals surface area contributed by atoms with Crippen LogP contribution in [-0.2, 0) is 20.7 Å². The number of amidine groups is 1. The number of Topliss-reactive ketones (excluding diaryl/α,β-unsaturated/α-hetero) is 1. The highest BCUT2D eigenvalue weighted by Gasteiger charge is 2.31. The van der Waals surface area contributed by atoms with Crippen molar-refractivity contribution in [2.75, 3.05) is 13.2 Å². The number of carbonyl (C=O) groups excluding carboxylic acids is 2. The zero-order valence-corrected chi connectivity index (χ0v) is 18.4. The highest BCUT2D eigenvalue weighted by Crippen LogP contribution is 2.34. The number of fused-ring (bicyclic) bond motifs is 1. The minimum absolute atomic E-state index is 0.0175. The molecule has 10 heteroatoms. The van der Waals surface area contributed by atoms with E-state index in [0.717, 1.165) is 24.0 Å². The number of carbonyl (C=O) groups is 3. The number of nitrogens with two attached hydrogens (primary N) is 1. The highest BCUT2D eigenvalue weighted by molar-refractivity contribution is 5.91. The first kappa shape index (κ1) is 23.8. The molecule has 2 aliphatic carbocycles. The maximum Gasteiger partial charge on any atom is 0.408 e. The van der Waals surface area contributed by atoms with E-state index in [4.69, 9.17) is 15.6 Å². The summed E-state index contributed by atoms with van der Waals surface area (Å²) in [6.45, 7) is 1.75. The molecule has 1 aromatic carbocycles. The first-order valence-corrected chi connectivity index (χ1v) is 10.7. The van der Waals surface area contributed by atoms with Crippen molar-refractivity contribution in [1.29, 1.82) is 0 Å². The van der Waals surface area contributed by atoms with Gasteiger partial charge in [0.15, 0.2) is 12.3 Å². The van der Waals surface area contributed by atoms with Crippen molar-refractivity contribution in [2.24, 2.45) is 22.0 Å². The standard InChI is InChI=1S/C23H27N5O5/c1-14-6-2-3-8-16(14)13-33-23(32)26-19(11-21(30)31)20(29)12-25-28-27-22(24)18-10-15-7-4-5-9-17(15)18/h2-5,7-9,14,18-19H,6,10-13H2,1H3,(H,26,32)(H,30,31)(H2,24,25,27)/p+1. The largest absolute Gasteiger partial charge is 0.481 e. The lowest BCUT2D eigenvalue weighted by Crippen LogP contribution is -2.70. The normalized spacial score (nSPS) is 20.4. The van der Waals surface area contributed by atoms with Gasteiger partial charge >= 0.3 is 12.1 Å². The summed E-state index contributed by atoms with van der Waals surface area (Å²) in [4.78, 5) is 35.7. The fraction of sp³-hybridized carbons (Fsp3) is 0.391. The lowest BCUT2D eigenvalue weighted by atomic mass is 9.77. The van der Waals surface area contributed by atoms with Gasteiger partial charge in [-0.05, 0) is 35.5 Å². The van der Waals surface area contributed by atoms with E-state index in [-0.39, 0.29) is 25.0 Å². The summed E-state index contributed by atoms with van der Waals surface area (Å²) in [6, 6.07) is 6.62. The second kappa shape index (κ2) is 11.2. The zero-order valence-electron chi connectivity index (χ0n) is 18.4. The fourth-order valence-corrected chi connectivity index (χ4v) is 3.66. The average molecular weight is 455 g/mol. The maximum absolute atomic E-state index is 12.4. The highest BCUT2D eigenvalue weighted by atomic mass is 16.5. The molecule has 2 aliphatic rings. The van der Waals surface area contributed by atoms with Gasteiger partial charge in [0.2, 0.25) is 5.84 Å². The Morgan fingerprint density at radius 2 is 2.12 bits per heavy atom. The van der Waals surface area contributed by atoms with Gasteiger partial charge in [-0.2, -0.15) is 5.11 Å². The van der Waals surface area contributed by atoms with Crippen LogP contribution in [0.25, 0.3) is 0 Å². The topological polar surface area (TPSA) is 157 Å². The molecule has 0 fully saturated rings. The van der Waals surface area contributed by atoms with Crippen LogP contribution in [0.5, 0.6) is 0 Å². The Morgan fingerprint density at radius 1 is 1.33 bits per heavy atom. The second-order valence-electron chi connectivity index (χ2n) is 8.06. The Balaban J connectivity index is 1.50. The quantitative estimate of drug-likeness (QED) is 0.177. The summed E-state index contributed by atoms with van der Waals surface area (Å²) in [7, 11) is 0. The fourth-order valence-electron chi connectivity index (χ4n) is 3.66. The Bertz CT molecular complexity index is 1030. The number of ketones is 1. The second-order valence-corrected chi connectivity index (χ2v) is 8.06. The Kier molecular flexibility index (Phi) is 8.06. The summed E-state index contributed by atoms with van der Waals surface area (Å²) in [5, 5.41) is 21.5. The molecule has 0 saturated carbocycles. The number of nitrogens with zero attached hydrogens (tertiary/aromatic N) is 2. The number of carboxylic acid groups (broad SMARTS) is 1. The Morgan fingerprint density at radius 3 is 2.85 bits per heavy atom. The number of ether oxygens (including phenoxy) is 1. The zero-order chi connectivity index (χ0) is 23.8. The SMILES string of the molecule is CC1CC=CC=C1COC(=O)NC(CC(=O)O)C(=O)C[NH+]=NN=C(N)C1Cc2ccccc21. The predicted molar refractivity (Wildman–Crippen MR) is 119 cm³/mol. The first-order valence-electron chi connectivity index (χ1n) is 10.7. The van der Waals surface area contributed by atoms with Gasteiger partial charge in [0.05, 0.1) is 17.4 Å². The van der Waals surface area contributed by atoms with E-state index in [9.17, 15) is 14.4 Å². The third-order valence-electron chi connectivity index (χ3n) is 5.70. The van der Waals surface area contributed by atoms with Gasteiger partial charge in [0.1, 0.15) is 17.9 Å². The first-order chi connectivity index (χ1) is 15.8.